The van der Waals surface area contributed by atoms with E-state index in [0.29, 0.717) is 35.7 Å². The number of aliphatic hydroxyl groups is 1. The SMILES string of the molecule is Nc1nccc(-c2c(-c3ccc(F)cc3)ncn2CCNCC(O)(Cn2cncn2)c2ccc(F)cc2F)n1. The molecule has 0 spiro atoms. The van der Waals surface area contributed by atoms with E-state index >= 15 is 0 Å². The predicted octanol–water partition coefficient (Wildman–Crippen LogP) is 2.78. The number of halogens is 3. The third kappa shape index (κ3) is 5.78. The fraction of sp³-hybridized carbons (Fsp3) is 0.192. The smallest absolute Gasteiger partial charge is 0.220 e. The van der Waals surface area contributed by atoms with Gasteiger partial charge in [-0.25, -0.2) is 37.8 Å². The molecule has 5 rings (SSSR count). The normalized spacial score (nSPS) is 12.9. The lowest BCUT2D eigenvalue weighted by Crippen LogP contribution is -2.43. The van der Waals surface area contributed by atoms with Gasteiger partial charge in [-0.2, -0.15) is 5.10 Å². The largest absolute Gasteiger partial charge is 0.382 e. The molecule has 0 saturated heterocycles. The van der Waals surface area contributed by atoms with Crippen molar-refractivity contribution in [2.45, 2.75) is 18.7 Å². The summed E-state index contributed by atoms with van der Waals surface area (Å²) in [5, 5.41) is 18.6. The van der Waals surface area contributed by atoms with E-state index in [9.17, 15) is 18.3 Å². The van der Waals surface area contributed by atoms with Crippen LogP contribution >= 0.6 is 0 Å². The van der Waals surface area contributed by atoms with E-state index in [1.807, 2.05) is 4.57 Å². The van der Waals surface area contributed by atoms with Gasteiger partial charge < -0.3 is 20.7 Å². The van der Waals surface area contributed by atoms with Crippen LogP contribution in [-0.4, -0.2) is 52.5 Å². The molecule has 0 aliphatic rings. The Bertz CT molecular complexity index is 1560. The van der Waals surface area contributed by atoms with Crippen molar-refractivity contribution in [2.24, 2.45) is 0 Å². The highest BCUT2D eigenvalue weighted by Crippen LogP contribution is 2.31. The third-order valence-corrected chi connectivity index (χ3v) is 6.14. The summed E-state index contributed by atoms with van der Waals surface area (Å²) in [5.74, 6) is -1.90. The van der Waals surface area contributed by atoms with Crippen LogP contribution < -0.4 is 11.1 Å². The van der Waals surface area contributed by atoms with E-state index in [2.05, 4.69) is 30.4 Å². The second-order valence-electron chi connectivity index (χ2n) is 8.87. The molecule has 0 bridgehead atoms. The van der Waals surface area contributed by atoms with E-state index in [1.54, 1.807) is 24.5 Å². The van der Waals surface area contributed by atoms with Gasteiger partial charge in [0.2, 0.25) is 5.95 Å². The van der Waals surface area contributed by atoms with Gasteiger partial charge in [-0.3, -0.25) is 0 Å². The number of nitrogens with one attached hydrogen (secondary N) is 1. The standard InChI is InChI=1S/C26H24F3N9O/c27-18-3-1-17(2-4-18)23-24(22-7-8-33-25(30)36-22)37(16-34-23)10-9-31-12-26(39,13-38-15-32-14-35-38)20-6-5-19(28)11-21(20)29/h1-8,11,14-16,31,39H,9-10,12-13H2,(H2,30,33,36). The number of anilines is 1. The molecule has 1 unspecified atom stereocenters. The van der Waals surface area contributed by atoms with Crippen molar-refractivity contribution in [3.63, 3.8) is 0 Å². The van der Waals surface area contributed by atoms with E-state index < -0.39 is 17.2 Å². The van der Waals surface area contributed by atoms with Gasteiger partial charge in [0.25, 0.3) is 0 Å². The topological polar surface area (TPSA) is 133 Å². The van der Waals surface area contributed by atoms with Crippen molar-refractivity contribution in [3.05, 3.63) is 96.7 Å². The average molecular weight is 536 g/mol. The molecule has 4 N–H and O–H groups in total. The average Bonchev–Trinajstić information content (AvgIpc) is 3.57. The predicted molar refractivity (Wildman–Crippen MR) is 136 cm³/mol. The molecule has 13 heteroatoms. The van der Waals surface area contributed by atoms with Crippen LogP contribution in [-0.2, 0) is 18.7 Å². The molecule has 0 aliphatic heterocycles. The minimum Gasteiger partial charge on any atom is -0.382 e. The maximum absolute atomic E-state index is 14.7. The second kappa shape index (κ2) is 11.0. The van der Waals surface area contributed by atoms with Crippen LogP contribution in [0, 0.1) is 17.5 Å². The third-order valence-electron chi connectivity index (χ3n) is 6.14. The quantitative estimate of drug-likeness (QED) is 0.233. The zero-order valence-electron chi connectivity index (χ0n) is 20.5. The van der Waals surface area contributed by atoms with E-state index in [4.69, 9.17) is 5.73 Å². The van der Waals surface area contributed by atoms with Gasteiger partial charge in [0, 0.05) is 43.0 Å². The van der Waals surface area contributed by atoms with Crippen molar-refractivity contribution in [2.75, 3.05) is 18.8 Å². The first kappa shape index (κ1) is 26.0. The van der Waals surface area contributed by atoms with Crippen molar-refractivity contribution in [3.8, 4) is 22.6 Å². The van der Waals surface area contributed by atoms with Crippen LogP contribution in [0.3, 0.4) is 0 Å². The summed E-state index contributed by atoms with van der Waals surface area (Å²) < 4.78 is 45.0. The summed E-state index contributed by atoms with van der Waals surface area (Å²) in [6.45, 7) is 0.506. The number of hydrogen-bond acceptors (Lipinski definition) is 8. The summed E-state index contributed by atoms with van der Waals surface area (Å²) in [6, 6.07) is 10.7. The number of aromatic nitrogens is 7. The van der Waals surface area contributed by atoms with E-state index in [-0.39, 0.29) is 30.4 Å². The molecule has 5 aromatic rings. The first-order valence-electron chi connectivity index (χ1n) is 11.9. The minimum atomic E-state index is -1.76. The van der Waals surface area contributed by atoms with Crippen molar-refractivity contribution in [1.29, 1.82) is 0 Å². The zero-order valence-corrected chi connectivity index (χ0v) is 20.5. The highest BCUT2D eigenvalue weighted by atomic mass is 19.1. The van der Waals surface area contributed by atoms with Crippen LogP contribution in [0.1, 0.15) is 5.56 Å². The molecule has 200 valence electrons. The number of nitrogens with two attached hydrogens (primary N) is 1. The molecular weight excluding hydrogens is 511 g/mol. The molecule has 39 heavy (non-hydrogen) atoms. The fourth-order valence-corrected chi connectivity index (χ4v) is 4.33. The summed E-state index contributed by atoms with van der Waals surface area (Å²) in [5.41, 5.74) is 6.40. The first-order chi connectivity index (χ1) is 18.8. The van der Waals surface area contributed by atoms with Gasteiger partial charge in [-0.05, 0) is 36.4 Å². The molecule has 0 saturated carbocycles. The Labute approximate surface area is 221 Å². The molecule has 0 aliphatic carbocycles. The Balaban J connectivity index is 1.38. The molecule has 3 aromatic heterocycles. The van der Waals surface area contributed by atoms with Gasteiger partial charge >= 0.3 is 0 Å². The number of nitrogens with zero attached hydrogens (tertiary/aromatic N) is 7. The van der Waals surface area contributed by atoms with Crippen molar-refractivity contribution < 1.29 is 18.3 Å². The molecule has 3 heterocycles. The van der Waals surface area contributed by atoms with Crippen LogP contribution in [0.5, 0.6) is 0 Å². The Morgan fingerprint density at radius 1 is 0.974 bits per heavy atom. The van der Waals surface area contributed by atoms with Gasteiger partial charge in [-0.1, -0.05) is 6.07 Å². The fourth-order valence-electron chi connectivity index (χ4n) is 4.33. The maximum atomic E-state index is 14.7. The number of hydrogen-bond donors (Lipinski definition) is 3. The highest BCUT2D eigenvalue weighted by molar-refractivity contribution is 5.77. The molecule has 10 nitrogen and oxygen atoms in total. The Morgan fingerprint density at radius 2 is 1.77 bits per heavy atom. The van der Waals surface area contributed by atoms with Crippen molar-refractivity contribution in [1.82, 2.24) is 39.6 Å². The van der Waals surface area contributed by atoms with Gasteiger partial charge in [0.1, 0.15) is 35.7 Å². The number of nitrogen functional groups attached to an aromatic ring is 1. The maximum Gasteiger partial charge on any atom is 0.220 e. The Hall–Kier alpha value is -4.62. The lowest BCUT2D eigenvalue weighted by atomic mass is 9.93. The lowest BCUT2D eigenvalue weighted by molar-refractivity contribution is 0.0120. The molecular formula is C26H24F3N9O. The number of benzene rings is 2. The zero-order chi connectivity index (χ0) is 27.4. The molecule has 0 fully saturated rings. The molecule has 2 aromatic carbocycles. The molecule has 0 radical (unpaired) electrons. The van der Waals surface area contributed by atoms with Gasteiger partial charge in [0.05, 0.1) is 30.0 Å². The molecule has 1 atom stereocenters. The van der Waals surface area contributed by atoms with Crippen LogP contribution in [0.4, 0.5) is 19.1 Å². The number of rotatable bonds is 10. The van der Waals surface area contributed by atoms with Crippen LogP contribution in [0.2, 0.25) is 0 Å². The van der Waals surface area contributed by atoms with Crippen molar-refractivity contribution >= 4 is 5.95 Å². The first-order valence-corrected chi connectivity index (χ1v) is 11.9. The van der Waals surface area contributed by atoms with Crippen LogP contribution in [0.25, 0.3) is 22.6 Å². The second-order valence-corrected chi connectivity index (χ2v) is 8.87. The summed E-state index contributed by atoms with van der Waals surface area (Å²) in [7, 11) is 0. The molecule has 0 amide bonds. The summed E-state index contributed by atoms with van der Waals surface area (Å²) in [4.78, 5) is 16.7. The summed E-state index contributed by atoms with van der Waals surface area (Å²) in [6.07, 6.45) is 5.85. The number of imidazole rings is 1. The lowest BCUT2D eigenvalue weighted by Gasteiger charge is -2.29. The minimum absolute atomic E-state index is 0.0784. The van der Waals surface area contributed by atoms with E-state index in [1.165, 1.54) is 41.7 Å². The van der Waals surface area contributed by atoms with E-state index in [0.717, 1.165) is 12.1 Å². The monoisotopic (exact) mass is 535 g/mol. The van der Waals surface area contributed by atoms with Crippen LogP contribution in [0.15, 0.2) is 73.7 Å². The Kier molecular flexibility index (Phi) is 7.34. The van der Waals surface area contributed by atoms with Gasteiger partial charge in [-0.15, -0.1) is 0 Å². The summed E-state index contributed by atoms with van der Waals surface area (Å²) >= 11 is 0. The highest BCUT2D eigenvalue weighted by Gasteiger charge is 2.33. The van der Waals surface area contributed by atoms with Gasteiger partial charge in [0.15, 0.2) is 0 Å². The Morgan fingerprint density at radius 3 is 2.49 bits per heavy atom.